The molecule has 1 atom stereocenters. The summed E-state index contributed by atoms with van der Waals surface area (Å²) in [6.45, 7) is 5.26. The van der Waals surface area contributed by atoms with E-state index in [1.54, 1.807) is 0 Å². The second-order valence-corrected chi connectivity index (χ2v) is 2.70. The molecule has 10 heavy (non-hydrogen) atoms. The van der Waals surface area contributed by atoms with E-state index in [9.17, 15) is 4.79 Å². The van der Waals surface area contributed by atoms with Crippen molar-refractivity contribution in [3.05, 3.63) is 12.2 Å². The molecule has 0 aliphatic heterocycles. The van der Waals surface area contributed by atoms with E-state index in [1.807, 2.05) is 13.8 Å². The lowest BCUT2D eigenvalue weighted by Crippen LogP contribution is -2.10. The van der Waals surface area contributed by atoms with Crippen LogP contribution in [0.1, 0.15) is 20.8 Å². The molecule has 0 spiro atoms. The molecule has 2 heteroatoms. The van der Waals surface area contributed by atoms with E-state index in [-0.39, 0.29) is 11.7 Å². The first-order valence-corrected chi connectivity index (χ1v) is 3.41. The fourth-order valence-electron chi connectivity index (χ4n) is 0.456. The van der Waals surface area contributed by atoms with E-state index in [2.05, 4.69) is 0 Å². The van der Waals surface area contributed by atoms with Crippen molar-refractivity contribution in [1.82, 2.24) is 0 Å². The summed E-state index contributed by atoms with van der Waals surface area (Å²) in [5, 5.41) is 9.14. The van der Waals surface area contributed by atoms with Gasteiger partial charge in [-0.05, 0) is 18.9 Å². The van der Waals surface area contributed by atoms with Crippen molar-refractivity contribution in [2.45, 2.75) is 26.9 Å². The Morgan fingerprint density at radius 1 is 1.50 bits per heavy atom. The zero-order valence-corrected chi connectivity index (χ0v) is 6.66. The molecule has 0 rings (SSSR count). The van der Waals surface area contributed by atoms with Gasteiger partial charge < -0.3 is 5.11 Å². The van der Waals surface area contributed by atoms with Gasteiger partial charge in [0.1, 0.15) is 0 Å². The van der Waals surface area contributed by atoms with E-state index in [0.717, 1.165) is 0 Å². The van der Waals surface area contributed by atoms with Gasteiger partial charge in [0.05, 0.1) is 6.10 Å². The third kappa shape index (κ3) is 4.27. The first-order valence-electron chi connectivity index (χ1n) is 3.41. The highest BCUT2D eigenvalue weighted by molar-refractivity contribution is 5.87. The van der Waals surface area contributed by atoms with Crippen LogP contribution < -0.4 is 0 Å². The molecule has 58 valence electrons. The molecule has 0 aromatic carbocycles. The Kier molecular flexibility index (Phi) is 3.96. The van der Waals surface area contributed by atoms with Crippen molar-refractivity contribution < 1.29 is 9.90 Å². The van der Waals surface area contributed by atoms with Crippen molar-refractivity contribution in [3.63, 3.8) is 0 Å². The molecule has 0 aliphatic carbocycles. The van der Waals surface area contributed by atoms with Crippen LogP contribution in [0.25, 0.3) is 0 Å². The zero-order chi connectivity index (χ0) is 8.15. The molecular weight excluding hydrogens is 128 g/mol. The maximum absolute atomic E-state index is 10.4. The first kappa shape index (κ1) is 9.37. The van der Waals surface area contributed by atoms with Gasteiger partial charge in [0.2, 0.25) is 0 Å². The van der Waals surface area contributed by atoms with Crippen LogP contribution in [0, 0.1) is 5.92 Å². The van der Waals surface area contributed by atoms with Crippen LogP contribution in [0.15, 0.2) is 12.2 Å². The number of aliphatic hydroxyl groups is 1. The lowest BCUT2D eigenvalue weighted by molar-refractivity contribution is -0.112. The number of ketones is 1. The molecule has 0 bridgehead atoms. The van der Waals surface area contributed by atoms with E-state index in [0.29, 0.717) is 0 Å². The number of carbonyl (C=O) groups excluding carboxylic acids is 1. The topological polar surface area (TPSA) is 37.3 Å². The highest BCUT2D eigenvalue weighted by atomic mass is 16.3. The Bertz CT molecular complexity index is 136. The van der Waals surface area contributed by atoms with Crippen LogP contribution in [0.2, 0.25) is 0 Å². The summed E-state index contributed by atoms with van der Waals surface area (Å²) in [7, 11) is 0. The highest BCUT2D eigenvalue weighted by Gasteiger charge is 2.03. The number of carbonyl (C=O) groups is 1. The van der Waals surface area contributed by atoms with E-state index >= 15 is 0 Å². The van der Waals surface area contributed by atoms with Crippen LogP contribution in [0.5, 0.6) is 0 Å². The highest BCUT2D eigenvalue weighted by Crippen LogP contribution is 2.01. The van der Waals surface area contributed by atoms with Crippen LogP contribution >= 0.6 is 0 Å². The van der Waals surface area contributed by atoms with Gasteiger partial charge in [-0.15, -0.1) is 0 Å². The fraction of sp³-hybridized carbons (Fsp3) is 0.625. The molecule has 2 nitrogen and oxygen atoms in total. The zero-order valence-electron chi connectivity index (χ0n) is 6.66. The van der Waals surface area contributed by atoms with Crippen molar-refractivity contribution in [1.29, 1.82) is 0 Å². The van der Waals surface area contributed by atoms with Crippen molar-refractivity contribution >= 4 is 5.78 Å². The number of allylic oxidation sites excluding steroid dienone is 1. The Balaban J connectivity index is 3.77. The molecular formula is C8H14O2. The SMILES string of the molecule is CC(=O)/C=C/C(O)C(C)C. The summed E-state index contributed by atoms with van der Waals surface area (Å²) in [5.41, 5.74) is 0. The summed E-state index contributed by atoms with van der Waals surface area (Å²) >= 11 is 0. The predicted molar refractivity (Wildman–Crippen MR) is 40.7 cm³/mol. The van der Waals surface area contributed by atoms with Crippen LogP contribution in [0.4, 0.5) is 0 Å². The molecule has 0 aliphatic rings. The second kappa shape index (κ2) is 4.23. The maximum atomic E-state index is 10.4. The standard InChI is InChI=1S/C8H14O2/c1-6(2)8(10)5-4-7(3)9/h4-6,8,10H,1-3H3/b5-4+. The Labute approximate surface area is 61.6 Å². The number of aliphatic hydroxyl groups excluding tert-OH is 1. The fourth-order valence-corrected chi connectivity index (χ4v) is 0.456. The van der Waals surface area contributed by atoms with E-state index in [4.69, 9.17) is 5.11 Å². The molecule has 0 heterocycles. The molecule has 1 N–H and O–H groups in total. The molecule has 1 unspecified atom stereocenters. The summed E-state index contributed by atoms with van der Waals surface area (Å²) < 4.78 is 0. The summed E-state index contributed by atoms with van der Waals surface area (Å²) in [6, 6.07) is 0. The van der Waals surface area contributed by atoms with Gasteiger partial charge >= 0.3 is 0 Å². The third-order valence-corrected chi connectivity index (χ3v) is 1.21. The van der Waals surface area contributed by atoms with E-state index in [1.165, 1.54) is 19.1 Å². The molecule has 0 saturated heterocycles. The second-order valence-electron chi connectivity index (χ2n) is 2.70. The molecule has 0 fully saturated rings. The molecule has 0 amide bonds. The van der Waals surface area contributed by atoms with Crippen LogP contribution in [0.3, 0.4) is 0 Å². The number of hydrogen-bond acceptors (Lipinski definition) is 2. The van der Waals surface area contributed by atoms with Gasteiger partial charge in [0, 0.05) is 0 Å². The van der Waals surface area contributed by atoms with Gasteiger partial charge in [-0.25, -0.2) is 0 Å². The predicted octanol–water partition coefficient (Wildman–Crippen LogP) is 1.15. The lowest BCUT2D eigenvalue weighted by atomic mass is 10.1. The van der Waals surface area contributed by atoms with Crippen molar-refractivity contribution in [2.75, 3.05) is 0 Å². The maximum Gasteiger partial charge on any atom is 0.152 e. The van der Waals surface area contributed by atoms with Crippen molar-refractivity contribution in [2.24, 2.45) is 5.92 Å². The third-order valence-electron chi connectivity index (χ3n) is 1.21. The smallest absolute Gasteiger partial charge is 0.152 e. The average molecular weight is 142 g/mol. The Morgan fingerprint density at radius 3 is 2.30 bits per heavy atom. The number of hydrogen-bond donors (Lipinski definition) is 1. The Hall–Kier alpha value is -0.630. The van der Waals surface area contributed by atoms with Crippen LogP contribution in [-0.4, -0.2) is 17.0 Å². The molecule has 0 aromatic rings. The van der Waals surface area contributed by atoms with Crippen molar-refractivity contribution in [3.8, 4) is 0 Å². The summed E-state index contributed by atoms with van der Waals surface area (Å²) in [6.07, 6.45) is 2.42. The minimum absolute atomic E-state index is 0.0281. The largest absolute Gasteiger partial charge is 0.389 e. The van der Waals surface area contributed by atoms with Crippen LogP contribution in [-0.2, 0) is 4.79 Å². The van der Waals surface area contributed by atoms with Gasteiger partial charge in [-0.1, -0.05) is 19.9 Å². The van der Waals surface area contributed by atoms with Gasteiger partial charge in [-0.2, -0.15) is 0 Å². The molecule has 0 radical (unpaired) electrons. The molecule has 0 aromatic heterocycles. The quantitative estimate of drug-likeness (QED) is 0.600. The summed E-state index contributed by atoms with van der Waals surface area (Å²) in [5.74, 6) is 0.148. The molecule has 0 saturated carbocycles. The minimum Gasteiger partial charge on any atom is -0.389 e. The Morgan fingerprint density at radius 2 is 2.00 bits per heavy atom. The first-order chi connectivity index (χ1) is 4.54. The average Bonchev–Trinajstić information content (AvgIpc) is 1.82. The number of rotatable bonds is 3. The van der Waals surface area contributed by atoms with E-state index < -0.39 is 6.10 Å². The summed E-state index contributed by atoms with van der Waals surface area (Å²) in [4.78, 5) is 10.4. The monoisotopic (exact) mass is 142 g/mol. The normalized spacial score (nSPS) is 14.5. The van der Waals surface area contributed by atoms with Gasteiger partial charge in [0.25, 0.3) is 0 Å². The van der Waals surface area contributed by atoms with Gasteiger partial charge in [0.15, 0.2) is 5.78 Å². The minimum atomic E-state index is -0.496. The lowest BCUT2D eigenvalue weighted by Gasteiger charge is -2.07. The van der Waals surface area contributed by atoms with Gasteiger partial charge in [-0.3, -0.25) is 4.79 Å².